The van der Waals surface area contributed by atoms with Crippen LogP contribution in [0.15, 0.2) is 42.6 Å². The quantitative estimate of drug-likeness (QED) is 0.713. The molecule has 0 bridgehead atoms. The number of amides is 1. The van der Waals surface area contributed by atoms with Crippen LogP contribution in [0.2, 0.25) is 0 Å². The van der Waals surface area contributed by atoms with Gasteiger partial charge in [-0.1, -0.05) is 18.2 Å². The van der Waals surface area contributed by atoms with E-state index in [-0.39, 0.29) is 11.7 Å². The van der Waals surface area contributed by atoms with Crippen molar-refractivity contribution in [1.29, 1.82) is 0 Å². The minimum absolute atomic E-state index is 0.132. The fourth-order valence-corrected chi connectivity index (χ4v) is 2.95. The molecule has 1 aliphatic rings. The highest BCUT2D eigenvalue weighted by Crippen LogP contribution is 2.16. The molecule has 3 aromatic rings. The third kappa shape index (κ3) is 2.58. The maximum atomic E-state index is 12.7. The number of para-hydroxylation sites is 1. The van der Waals surface area contributed by atoms with Crippen LogP contribution in [0.3, 0.4) is 0 Å². The Balaban J connectivity index is 1.48. The molecule has 3 heterocycles. The van der Waals surface area contributed by atoms with Crippen LogP contribution in [0.5, 0.6) is 0 Å². The number of anilines is 1. The topological polar surface area (TPSA) is 66.6 Å². The van der Waals surface area contributed by atoms with Crippen molar-refractivity contribution in [3.8, 4) is 0 Å². The SMILES string of the molecule is Cc1ccnc2nc(C(=O)N3CCN(c4ccccc4)CC3)nn12. The molecular formula is C17H18N6O. The summed E-state index contributed by atoms with van der Waals surface area (Å²) in [6, 6.07) is 12.1. The van der Waals surface area contributed by atoms with E-state index in [4.69, 9.17) is 0 Å². The molecule has 1 fully saturated rings. The molecule has 0 N–H and O–H groups in total. The average molecular weight is 322 g/mol. The van der Waals surface area contributed by atoms with E-state index in [0.29, 0.717) is 18.9 Å². The Hall–Kier alpha value is -2.96. The normalized spacial score (nSPS) is 15.0. The Morgan fingerprint density at radius 3 is 2.50 bits per heavy atom. The van der Waals surface area contributed by atoms with E-state index in [9.17, 15) is 4.79 Å². The molecule has 0 radical (unpaired) electrons. The molecule has 122 valence electrons. The van der Waals surface area contributed by atoms with E-state index >= 15 is 0 Å². The molecule has 7 nitrogen and oxygen atoms in total. The summed E-state index contributed by atoms with van der Waals surface area (Å²) < 4.78 is 1.60. The molecule has 1 amide bonds. The molecule has 2 aromatic heterocycles. The molecule has 0 unspecified atom stereocenters. The lowest BCUT2D eigenvalue weighted by molar-refractivity contribution is 0.0734. The van der Waals surface area contributed by atoms with Gasteiger partial charge >= 0.3 is 0 Å². The molecular weight excluding hydrogens is 304 g/mol. The van der Waals surface area contributed by atoms with Gasteiger partial charge in [-0.15, -0.1) is 5.10 Å². The van der Waals surface area contributed by atoms with Crippen LogP contribution in [0.1, 0.15) is 16.3 Å². The third-order valence-electron chi connectivity index (χ3n) is 4.31. The Bertz CT molecular complexity index is 867. The summed E-state index contributed by atoms with van der Waals surface area (Å²) in [6.45, 7) is 4.85. The number of rotatable bonds is 2. The average Bonchev–Trinajstić information content (AvgIpc) is 3.08. The predicted octanol–water partition coefficient (Wildman–Crippen LogP) is 1.40. The van der Waals surface area contributed by atoms with E-state index in [2.05, 4.69) is 32.1 Å². The number of benzene rings is 1. The smallest absolute Gasteiger partial charge is 0.293 e. The molecule has 0 spiro atoms. The van der Waals surface area contributed by atoms with Crippen LogP contribution in [-0.4, -0.2) is 56.6 Å². The summed E-state index contributed by atoms with van der Waals surface area (Å²) in [6.07, 6.45) is 1.67. The van der Waals surface area contributed by atoms with Crippen molar-refractivity contribution in [1.82, 2.24) is 24.5 Å². The minimum atomic E-state index is -0.132. The monoisotopic (exact) mass is 322 g/mol. The molecule has 1 aromatic carbocycles. The van der Waals surface area contributed by atoms with Crippen molar-refractivity contribution in [2.75, 3.05) is 31.1 Å². The Morgan fingerprint density at radius 2 is 1.79 bits per heavy atom. The van der Waals surface area contributed by atoms with E-state index in [1.807, 2.05) is 36.1 Å². The van der Waals surface area contributed by atoms with Gasteiger partial charge in [-0.2, -0.15) is 4.98 Å². The Labute approximate surface area is 139 Å². The zero-order chi connectivity index (χ0) is 16.5. The number of carbonyl (C=O) groups is 1. The number of piperazine rings is 1. The third-order valence-corrected chi connectivity index (χ3v) is 4.31. The fourth-order valence-electron chi connectivity index (χ4n) is 2.95. The standard InChI is InChI=1S/C17H18N6O/c1-13-7-8-18-17-19-15(20-23(13)17)16(24)22-11-9-21(10-12-22)14-5-3-2-4-6-14/h2-8H,9-12H2,1H3. The maximum absolute atomic E-state index is 12.7. The Morgan fingerprint density at radius 1 is 1.04 bits per heavy atom. The van der Waals surface area contributed by atoms with Crippen LogP contribution in [-0.2, 0) is 0 Å². The van der Waals surface area contributed by atoms with Crippen LogP contribution < -0.4 is 4.90 Å². The van der Waals surface area contributed by atoms with Crippen molar-refractivity contribution in [2.24, 2.45) is 0 Å². The minimum Gasteiger partial charge on any atom is -0.368 e. The zero-order valence-corrected chi connectivity index (χ0v) is 13.5. The summed E-state index contributed by atoms with van der Waals surface area (Å²) in [7, 11) is 0. The number of aromatic nitrogens is 4. The highest BCUT2D eigenvalue weighted by Gasteiger charge is 2.25. The van der Waals surface area contributed by atoms with Gasteiger partial charge in [0.05, 0.1) is 0 Å². The first-order valence-corrected chi connectivity index (χ1v) is 8.00. The van der Waals surface area contributed by atoms with Gasteiger partial charge in [-0.25, -0.2) is 9.50 Å². The molecule has 0 saturated carbocycles. The van der Waals surface area contributed by atoms with Gasteiger partial charge in [-0.05, 0) is 25.1 Å². The second-order valence-corrected chi connectivity index (χ2v) is 5.85. The molecule has 1 saturated heterocycles. The van der Waals surface area contributed by atoms with Gasteiger partial charge in [0.1, 0.15) is 0 Å². The number of hydrogen-bond acceptors (Lipinski definition) is 5. The number of nitrogens with zero attached hydrogens (tertiary/aromatic N) is 6. The van der Waals surface area contributed by atoms with Gasteiger partial charge in [0.2, 0.25) is 5.82 Å². The van der Waals surface area contributed by atoms with Crippen molar-refractivity contribution < 1.29 is 4.79 Å². The van der Waals surface area contributed by atoms with Crippen molar-refractivity contribution in [2.45, 2.75) is 6.92 Å². The highest BCUT2D eigenvalue weighted by atomic mass is 16.2. The summed E-state index contributed by atoms with van der Waals surface area (Å²) in [5, 5.41) is 4.30. The van der Waals surface area contributed by atoms with Crippen LogP contribution in [0, 0.1) is 6.92 Å². The number of carbonyl (C=O) groups excluding carboxylic acids is 1. The maximum Gasteiger partial charge on any atom is 0.293 e. The van der Waals surface area contributed by atoms with Crippen molar-refractivity contribution >= 4 is 17.4 Å². The largest absolute Gasteiger partial charge is 0.368 e. The number of hydrogen-bond donors (Lipinski definition) is 0. The summed E-state index contributed by atoms with van der Waals surface area (Å²) in [4.78, 5) is 25.2. The summed E-state index contributed by atoms with van der Waals surface area (Å²) in [5.74, 6) is 0.541. The first-order chi connectivity index (χ1) is 11.7. The second-order valence-electron chi connectivity index (χ2n) is 5.85. The van der Waals surface area contributed by atoms with Gasteiger partial charge in [0.15, 0.2) is 0 Å². The predicted molar refractivity (Wildman–Crippen MR) is 90.1 cm³/mol. The first kappa shape index (κ1) is 14.6. The van der Waals surface area contributed by atoms with Gasteiger partial charge < -0.3 is 9.80 Å². The lowest BCUT2D eigenvalue weighted by Crippen LogP contribution is -2.49. The van der Waals surface area contributed by atoms with Gasteiger partial charge in [-0.3, -0.25) is 4.79 Å². The van der Waals surface area contributed by atoms with Gasteiger partial charge in [0, 0.05) is 43.8 Å². The van der Waals surface area contributed by atoms with E-state index in [1.165, 1.54) is 5.69 Å². The first-order valence-electron chi connectivity index (χ1n) is 8.00. The Kier molecular flexibility index (Phi) is 3.60. The van der Waals surface area contributed by atoms with E-state index in [0.717, 1.165) is 18.8 Å². The van der Waals surface area contributed by atoms with Crippen LogP contribution in [0.4, 0.5) is 5.69 Å². The molecule has 24 heavy (non-hydrogen) atoms. The molecule has 1 aliphatic heterocycles. The molecule has 7 heteroatoms. The van der Waals surface area contributed by atoms with Crippen LogP contribution >= 0.6 is 0 Å². The number of aryl methyl sites for hydroxylation is 1. The second kappa shape index (κ2) is 5.92. The molecule has 0 aliphatic carbocycles. The number of fused-ring (bicyclic) bond motifs is 1. The molecule has 4 rings (SSSR count). The van der Waals surface area contributed by atoms with E-state index in [1.54, 1.807) is 10.7 Å². The fraction of sp³-hybridized carbons (Fsp3) is 0.294. The summed E-state index contributed by atoms with van der Waals surface area (Å²) in [5.41, 5.74) is 2.09. The van der Waals surface area contributed by atoms with Gasteiger partial charge in [0.25, 0.3) is 11.7 Å². The van der Waals surface area contributed by atoms with E-state index < -0.39 is 0 Å². The lowest BCUT2D eigenvalue weighted by atomic mass is 10.2. The van der Waals surface area contributed by atoms with Crippen molar-refractivity contribution in [3.05, 3.63) is 54.1 Å². The lowest BCUT2D eigenvalue weighted by Gasteiger charge is -2.35. The van der Waals surface area contributed by atoms with Crippen LogP contribution in [0.25, 0.3) is 5.78 Å². The zero-order valence-electron chi connectivity index (χ0n) is 13.5. The summed E-state index contributed by atoms with van der Waals surface area (Å²) >= 11 is 0. The highest BCUT2D eigenvalue weighted by molar-refractivity contribution is 5.91. The molecule has 0 atom stereocenters. The van der Waals surface area contributed by atoms with Crippen molar-refractivity contribution in [3.63, 3.8) is 0 Å².